The van der Waals surface area contributed by atoms with Crippen molar-refractivity contribution in [2.45, 2.75) is 13.0 Å². The lowest BCUT2D eigenvalue weighted by Gasteiger charge is -2.24. The Labute approximate surface area is 162 Å². The maximum absolute atomic E-state index is 12.9. The van der Waals surface area contributed by atoms with E-state index in [2.05, 4.69) is 4.98 Å². The van der Waals surface area contributed by atoms with Gasteiger partial charge in [0.05, 0.1) is 11.6 Å². The van der Waals surface area contributed by atoms with Crippen molar-refractivity contribution in [1.82, 2.24) is 4.98 Å². The molecule has 0 spiro atoms. The fourth-order valence-electron chi connectivity index (χ4n) is 3.38. The number of hydrogen-bond acceptors (Lipinski definition) is 4. The Bertz CT molecular complexity index is 1060. The van der Waals surface area contributed by atoms with Crippen LogP contribution in [0.25, 0.3) is 5.76 Å². The first-order valence-electron chi connectivity index (χ1n) is 8.92. The number of pyridine rings is 1. The lowest BCUT2D eigenvalue weighted by Crippen LogP contribution is -2.30. The number of aryl methyl sites for hydroxylation is 1. The Hall–Kier alpha value is -3.73. The number of Topliss-reactive ketones (excluding diaryl/α,β-unsaturated/α-hetero) is 1. The van der Waals surface area contributed by atoms with Gasteiger partial charge in [0, 0.05) is 11.8 Å². The second kappa shape index (κ2) is 7.12. The van der Waals surface area contributed by atoms with Crippen LogP contribution in [0.2, 0.25) is 0 Å². The first-order chi connectivity index (χ1) is 13.6. The number of hydrogen-bond donors (Lipinski definition) is 1. The Morgan fingerprint density at radius 3 is 2.25 bits per heavy atom. The van der Waals surface area contributed by atoms with Gasteiger partial charge in [-0.15, -0.1) is 0 Å². The Morgan fingerprint density at radius 2 is 1.61 bits per heavy atom. The van der Waals surface area contributed by atoms with Gasteiger partial charge in [-0.1, -0.05) is 66.2 Å². The van der Waals surface area contributed by atoms with E-state index in [1.165, 1.54) is 4.90 Å². The van der Waals surface area contributed by atoms with Crippen molar-refractivity contribution in [2.24, 2.45) is 0 Å². The van der Waals surface area contributed by atoms with Crippen LogP contribution in [-0.4, -0.2) is 21.8 Å². The minimum Gasteiger partial charge on any atom is -0.507 e. The monoisotopic (exact) mass is 370 g/mol. The maximum Gasteiger partial charge on any atom is 0.301 e. The Morgan fingerprint density at radius 1 is 0.929 bits per heavy atom. The van der Waals surface area contributed by atoms with Crippen LogP contribution in [0.5, 0.6) is 0 Å². The smallest absolute Gasteiger partial charge is 0.301 e. The van der Waals surface area contributed by atoms with E-state index in [9.17, 15) is 14.7 Å². The van der Waals surface area contributed by atoms with Gasteiger partial charge in [-0.3, -0.25) is 14.5 Å². The van der Waals surface area contributed by atoms with Crippen LogP contribution >= 0.6 is 0 Å². The highest BCUT2D eigenvalue weighted by atomic mass is 16.3. The van der Waals surface area contributed by atoms with E-state index in [0.29, 0.717) is 11.4 Å². The van der Waals surface area contributed by atoms with Gasteiger partial charge in [0.2, 0.25) is 0 Å². The fourth-order valence-corrected chi connectivity index (χ4v) is 3.38. The predicted octanol–water partition coefficient (Wildman–Crippen LogP) is 4.02. The zero-order valence-electron chi connectivity index (χ0n) is 15.2. The molecule has 5 heteroatoms. The van der Waals surface area contributed by atoms with Gasteiger partial charge in [-0.2, -0.15) is 0 Å². The standard InChI is InChI=1S/C23H18N2O3/c1-15-10-12-17(13-11-15)21(26)19-20(16-7-3-2-4-8-16)25(23(28)22(19)27)18-9-5-6-14-24-18/h2-14,20,26H,1H3/b21-19+. The first kappa shape index (κ1) is 17.7. The molecule has 3 aromatic rings. The number of aliphatic hydroxyl groups excluding tert-OH is 1. The van der Waals surface area contributed by atoms with Crippen molar-refractivity contribution >= 4 is 23.3 Å². The average molecular weight is 370 g/mol. The molecule has 5 nitrogen and oxygen atoms in total. The number of nitrogens with zero attached hydrogens (tertiary/aromatic N) is 2. The number of carbonyl (C=O) groups is 2. The Balaban J connectivity index is 1.94. The largest absolute Gasteiger partial charge is 0.507 e. The van der Waals surface area contributed by atoms with Crippen molar-refractivity contribution in [3.8, 4) is 0 Å². The zero-order valence-corrected chi connectivity index (χ0v) is 15.2. The van der Waals surface area contributed by atoms with E-state index >= 15 is 0 Å². The van der Waals surface area contributed by atoms with E-state index in [4.69, 9.17) is 0 Å². The molecule has 1 aromatic heterocycles. The average Bonchev–Trinajstić information content (AvgIpc) is 3.00. The summed E-state index contributed by atoms with van der Waals surface area (Å²) in [5.74, 6) is -1.26. The van der Waals surface area contributed by atoms with Crippen LogP contribution in [0, 0.1) is 6.92 Å². The molecule has 4 rings (SSSR count). The van der Waals surface area contributed by atoms with Gasteiger partial charge in [0.1, 0.15) is 11.6 Å². The number of benzene rings is 2. The van der Waals surface area contributed by atoms with Gasteiger partial charge >= 0.3 is 5.91 Å². The highest BCUT2D eigenvalue weighted by Gasteiger charge is 2.47. The number of ketones is 1. The molecule has 0 saturated carbocycles. The number of rotatable bonds is 3. The second-order valence-electron chi connectivity index (χ2n) is 6.63. The summed E-state index contributed by atoms with van der Waals surface area (Å²) in [6.07, 6.45) is 1.57. The number of aromatic nitrogens is 1. The van der Waals surface area contributed by atoms with E-state index < -0.39 is 17.7 Å². The van der Waals surface area contributed by atoms with Crippen LogP contribution in [0.3, 0.4) is 0 Å². The molecule has 1 aliphatic heterocycles. The van der Waals surface area contributed by atoms with Crippen LogP contribution in [0.1, 0.15) is 22.7 Å². The summed E-state index contributed by atoms with van der Waals surface area (Å²) in [5.41, 5.74) is 2.31. The molecule has 1 unspecified atom stereocenters. The fraction of sp³-hybridized carbons (Fsp3) is 0.0870. The van der Waals surface area contributed by atoms with Gasteiger partial charge in [0.25, 0.3) is 5.78 Å². The van der Waals surface area contributed by atoms with Crippen molar-refractivity contribution in [3.05, 3.63) is 101 Å². The molecule has 1 aliphatic rings. The molecular weight excluding hydrogens is 352 g/mol. The van der Waals surface area contributed by atoms with Gasteiger partial charge in [-0.05, 0) is 24.6 Å². The van der Waals surface area contributed by atoms with Crippen LogP contribution in [0.15, 0.2) is 84.6 Å². The summed E-state index contributed by atoms with van der Waals surface area (Å²) in [7, 11) is 0. The quantitative estimate of drug-likeness (QED) is 0.429. The summed E-state index contributed by atoms with van der Waals surface area (Å²) < 4.78 is 0. The number of anilines is 1. The third-order valence-corrected chi connectivity index (χ3v) is 4.78. The van der Waals surface area contributed by atoms with E-state index in [0.717, 1.165) is 11.1 Å². The molecule has 2 heterocycles. The maximum atomic E-state index is 12.9. The van der Waals surface area contributed by atoms with Crippen LogP contribution in [-0.2, 0) is 9.59 Å². The zero-order chi connectivity index (χ0) is 19.7. The molecule has 1 amide bonds. The van der Waals surface area contributed by atoms with Gasteiger partial charge in [0.15, 0.2) is 0 Å². The highest BCUT2D eigenvalue weighted by molar-refractivity contribution is 6.51. The molecule has 138 valence electrons. The number of carbonyl (C=O) groups excluding carboxylic acids is 2. The van der Waals surface area contributed by atoms with Crippen LogP contribution in [0.4, 0.5) is 5.82 Å². The van der Waals surface area contributed by atoms with E-state index in [1.54, 1.807) is 36.5 Å². The molecule has 1 fully saturated rings. The van der Waals surface area contributed by atoms with Crippen molar-refractivity contribution in [1.29, 1.82) is 0 Å². The molecule has 0 radical (unpaired) electrons. The number of amides is 1. The van der Waals surface area contributed by atoms with E-state index in [-0.39, 0.29) is 11.3 Å². The molecule has 0 aliphatic carbocycles. The van der Waals surface area contributed by atoms with E-state index in [1.807, 2.05) is 49.4 Å². The topological polar surface area (TPSA) is 70.5 Å². The minimum atomic E-state index is -0.752. The third-order valence-electron chi connectivity index (χ3n) is 4.78. The molecular formula is C23H18N2O3. The lowest BCUT2D eigenvalue weighted by molar-refractivity contribution is -0.132. The summed E-state index contributed by atoms with van der Waals surface area (Å²) >= 11 is 0. The molecule has 1 atom stereocenters. The van der Waals surface area contributed by atoms with Gasteiger partial charge < -0.3 is 5.11 Å². The van der Waals surface area contributed by atoms with Crippen molar-refractivity contribution in [2.75, 3.05) is 4.90 Å². The summed E-state index contributed by atoms with van der Waals surface area (Å²) in [4.78, 5) is 31.4. The predicted molar refractivity (Wildman–Crippen MR) is 107 cm³/mol. The second-order valence-corrected chi connectivity index (χ2v) is 6.63. The summed E-state index contributed by atoms with van der Waals surface area (Å²) in [6.45, 7) is 1.94. The summed E-state index contributed by atoms with van der Waals surface area (Å²) in [6, 6.07) is 20.8. The lowest BCUT2D eigenvalue weighted by atomic mass is 9.95. The normalized spacial score (nSPS) is 18.5. The molecule has 28 heavy (non-hydrogen) atoms. The Kier molecular flexibility index (Phi) is 4.49. The molecule has 1 saturated heterocycles. The molecule has 1 N–H and O–H groups in total. The molecule has 2 aromatic carbocycles. The summed E-state index contributed by atoms with van der Waals surface area (Å²) in [5, 5.41) is 11.0. The van der Waals surface area contributed by atoms with Crippen molar-refractivity contribution < 1.29 is 14.7 Å². The first-order valence-corrected chi connectivity index (χ1v) is 8.92. The molecule has 0 bridgehead atoms. The third kappa shape index (κ3) is 2.97. The SMILES string of the molecule is Cc1ccc(/C(O)=C2\C(=O)C(=O)N(c3ccccn3)C2c2ccccc2)cc1. The highest BCUT2D eigenvalue weighted by Crippen LogP contribution is 2.41. The minimum absolute atomic E-state index is 0.0608. The van der Waals surface area contributed by atoms with Crippen molar-refractivity contribution in [3.63, 3.8) is 0 Å². The van der Waals surface area contributed by atoms with Crippen LogP contribution < -0.4 is 4.90 Å². The van der Waals surface area contributed by atoms with Gasteiger partial charge in [-0.25, -0.2) is 4.98 Å². The number of aliphatic hydroxyl groups is 1.